The Kier molecular flexibility index (Phi) is 2.90. The van der Waals surface area contributed by atoms with Crippen LogP contribution in [-0.2, 0) is 0 Å². The summed E-state index contributed by atoms with van der Waals surface area (Å²) in [7, 11) is 3.37. The van der Waals surface area contributed by atoms with E-state index in [1.807, 2.05) is 30.1 Å². The van der Waals surface area contributed by atoms with E-state index in [4.69, 9.17) is 5.73 Å². The van der Waals surface area contributed by atoms with Gasteiger partial charge in [-0.2, -0.15) is 0 Å². The third-order valence-corrected chi connectivity index (χ3v) is 3.78. The first-order valence-electron chi connectivity index (χ1n) is 6.55. The summed E-state index contributed by atoms with van der Waals surface area (Å²) in [5.41, 5.74) is 7.43. The van der Waals surface area contributed by atoms with Crippen LogP contribution in [0.25, 0.3) is 10.8 Å². The molecule has 2 aromatic rings. The van der Waals surface area contributed by atoms with E-state index in [1.165, 1.54) is 13.2 Å². The lowest BCUT2D eigenvalue weighted by molar-refractivity contribution is 0.0651. The Hall–Kier alpha value is -2.82. The molecule has 2 aromatic carbocycles. The minimum absolute atomic E-state index is 0.271. The first-order valence-corrected chi connectivity index (χ1v) is 6.55. The first kappa shape index (κ1) is 13.2. The number of imide groups is 1. The summed E-state index contributed by atoms with van der Waals surface area (Å²) in [6, 6.07) is 9.10. The van der Waals surface area contributed by atoms with Crippen LogP contribution in [0.2, 0.25) is 0 Å². The van der Waals surface area contributed by atoms with E-state index in [9.17, 15) is 9.59 Å². The molecule has 106 valence electrons. The van der Waals surface area contributed by atoms with E-state index in [0.717, 1.165) is 16.0 Å². The first-order chi connectivity index (χ1) is 10.1. The van der Waals surface area contributed by atoms with Gasteiger partial charge in [-0.15, -0.1) is 0 Å². The minimum atomic E-state index is -0.271. The Bertz CT molecular complexity index is 773. The quantitative estimate of drug-likeness (QED) is 0.854. The summed E-state index contributed by atoms with van der Waals surface area (Å²) in [4.78, 5) is 27.6. The Morgan fingerprint density at radius 3 is 2.43 bits per heavy atom. The van der Waals surface area contributed by atoms with Crippen molar-refractivity contribution in [2.45, 2.75) is 0 Å². The fourth-order valence-electron chi connectivity index (χ4n) is 2.72. The zero-order valence-corrected chi connectivity index (χ0v) is 11.8. The highest BCUT2D eigenvalue weighted by atomic mass is 16.2. The Balaban J connectivity index is 2.37. The molecule has 0 spiro atoms. The van der Waals surface area contributed by atoms with Crippen molar-refractivity contribution in [3.63, 3.8) is 0 Å². The van der Waals surface area contributed by atoms with Crippen molar-refractivity contribution >= 4 is 28.3 Å². The van der Waals surface area contributed by atoms with Crippen molar-refractivity contribution in [2.24, 2.45) is 5.73 Å². The maximum Gasteiger partial charge on any atom is 0.261 e. The van der Waals surface area contributed by atoms with Crippen LogP contribution in [0.4, 0.5) is 5.69 Å². The predicted molar refractivity (Wildman–Crippen MR) is 82.1 cm³/mol. The van der Waals surface area contributed by atoms with Crippen molar-refractivity contribution in [3.05, 3.63) is 53.9 Å². The number of rotatable bonds is 2. The van der Waals surface area contributed by atoms with Crippen molar-refractivity contribution in [1.29, 1.82) is 0 Å². The normalized spacial score (nSPS) is 14.3. The number of benzene rings is 2. The van der Waals surface area contributed by atoms with E-state index >= 15 is 0 Å². The van der Waals surface area contributed by atoms with Gasteiger partial charge in [0.05, 0.1) is 0 Å². The predicted octanol–water partition coefficient (Wildman–Crippen LogP) is 1.93. The molecule has 5 heteroatoms. The molecule has 0 atom stereocenters. The molecule has 0 bridgehead atoms. The van der Waals surface area contributed by atoms with E-state index in [-0.39, 0.29) is 11.8 Å². The van der Waals surface area contributed by atoms with Gasteiger partial charge in [-0.05, 0) is 18.2 Å². The molecule has 0 saturated carbocycles. The van der Waals surface area contributed by atoms with Crippen LogP contribution in [0.1, 0.15) is 20.7 Å². The highest BCUT2D eigenvalue weighted by Crippen LogP contribution is 2.35. The fraction of sp³-hybridized carbons (Fsp3) is 0.125. The average Bonchev–Trinajstić information content (AvgIpc) is 2.50. The Morgan fingerprint density at radius 1 is 1.10 bits per heavy atom. The second-order valence-corrected chi connectivity index (χ2v) is 4.98. The largest absolute Gasteiger partial charge is 0.403 e. The standard InChI is InChI=1S/C16H15N3O2/c1-18(9-8-17)13-7-6-12-14-10(13)4-3-5-11(14)15(20)19(2)16(12)21/h3-9H,17H2,1-2H3/b9-8-. The van der Waals surface area contributed by atoms with Crippen molar-refractivity contribution < 1.29 is 9.59 Å². The number of amides is 2. The molecule has 2 N–H and O–H groups in total. The molecule has 3 rings (SSSR count). The molecule has 0 unspecified atom stereocenters. The van der Waals surface area contributed by atoms with Gasteiger partial charge in [-0.3, -0.25) is 14.5 Å². The Morgan fingerprint density at radius 2 is 1.76 bits per heavy atom. The third-order valence-electron chi connectivity index (χ3n) is 3.78. The van der Waals surface area contributed by atoms with Gasteiger partial charge in [0.15, 0.2) is 0 Å². The average molecular weight is 281 g/mol. The van der Waals surface area contributed by atoms with Gasteiger partial charge in [-0.25, -0.2) is 0 Å². The summed E-state index contributed by atoms with van der Waals surface area (Å²) in [5.74, 6) is -0.542. The van der Waals surface area contributed by atoms with Gasteiger partial charge in [0, 0.05) is 54.1 Å². The monoisotopic (exact) mass is 281 g/mol. The molecule has 0 saturated heterocycles. The van der Waals surface area contributed by atoms with Crippen LogP contribution in [0, 0.1) is 0 Å². The van der Waals surface area contributed by atoms with E-state index < -0.39 is 0 Å². The molecule has 0 fully saturated rings. The third kappa shape index (κ3) is 1.78. The minimum Gasteiger partial charge on any atom is -0.403 e. The number of carbonyl (C=O) groups excluding carboxylic acids is 2. The van der Waals surface area contributed by atoms with Crippen LogP contribution in [0.15, 0.2) is 42.7 Å². The number of hydrogen-bond acceptors (Lipinski definition) is 4. The molecular formula is C16H15N3O2. The molecule has 2 amide bonds. The van der Waals surface area contributed by atoms with Crippen LogP contribution in [-0.4, -0.2) is 30.8 Å². The molecular weight excluding hydrogens is 266 g/mol. The summed E-state index contributed by atoms with van der Waals surface area (Å²) in [5, 5.41) is 1.57. The lowest BCUT2D eigenvalue weighted by Crippen LogP contribution is -2.37. The highest BCUT2D eigenvalue weighted by Gasteiger charge is 2.30. The lowest BCUT2D eigenvalue weighted by atomic mass is 9.93. The summed E-state index contributed by atoms with van der Waals surface area (Å²) < 4.78 is 0. The zero-order valence-electron chi connectivity index (χ0n) is 11.8. The second kappa shape index (κ2) is 4.63. The SMILES string of the molecule is CN1C(=O)c2cccc3c(N(C)/C=C\N)ccc(c23)C1=O. The molecule has 0 aliphatic carbocycles. The second-order valence-electron chi connectivity index (χ2n) is 4.98. The smallest absolute Gasteiger partial charge is 0.261 e. The molecule has 5 nitrogen and oxygen atoms in total. The number of hydrogen-bond donors (Lipinski definition) is 1. The lowest BCUT2D eigenvalue weighted by Gasteiger charge is -2.26. The van der Waals surface area contributed by atoms with Crippen LogP contribution < -0.4 is 10.6 Å². The van der Waals surface area contributed by atoms with Crippen molar-refractivity contribution in [1.82, 2.24) is 4.90 Å². The molecule has 0 aromatic heterocycles. The van der Waals surface area contributed by atoms with E-state index in [2.05, 4.69) is 0 Å². The maximum atomic E-state index is 12.3. The molecule has 21 heavy (non-hydrogen) atoms. The van der Waals surface area contributed by atoms with Gasteiger partial charge in [0.25, 0.3) is 11.8 Å². The molecule has 1 heterocycles. The van der Waals surface area contributed by atoms with Crippen LogP contribution in [0.3, 0.4) is 0 Å². The fourth-order valence-corrected chi connectivity index (χ4v) is 2.72. The summed E-state index contributed by atoms with van der Waals surface area (Å²) in [6.45, 7) is 0. The van der Waals surface area contributed by atoms with Crippen LogP contribution >= 0.6 is 0 Å². The number of nitrogens with two attached hydrogens (primary N) is 1. The topological polar surface area (TPSA) is 66.6 Å². The summed E-state index contributed by atoms with van der Waals surface area (Å²) >= 11 is 0. The number of carbonyl (C=O) groups is 2. The highest BCUT2D eigenvalue weighted by molar-refractivity contribution is 6.26. The van der Waals surface area contributed by atoms with Crippen molar-refractivity contribution in [2.75, 3.05) is 19.0 Å². The zero-order chi connectivity index (χ0) is 15.1. The van der Waals surface area contributed by atoms with Gasteiger partial charge >= 0.3 is 0 Å². The molecule has 1 aliphatic rings. The summed E-state index contributed by atoms with van der Waals surface area (Å²) in [6.07, 6.45) is 3.17. The maximum absolute atomic E-state index is 12.3. The van der Waals surface area contributed by atoms with Gasteiger partial charge in [0.2, 0.25) is 0 Å². The van der Waals surface area contributed by atoms with Crippen molar-refractivity contribution in [3.8, 4) is 0 Å². The van der Waals surface area contributed by atoms with Gasteiger partial charge in [-0.1, -0.05) is 12.1 Å². The molecule has 1 aliphatic heterocycles. The number of nitrogens with zero attached hydrogens (tertiary/aromatic N) is 2. The van der Waals surface area contributed by atoms with E-state index in [1.54, 1.807) is 18.3 Å². The van der Waals surface area contributed by atoms with Gasteiger partial charge in [0.1, 0.15) is 0 Å². The molecule has 0 radical (unpaired) electrons. The Labute approximate surface area is 122 Å². The van der Waals surface area contributed by atoms with Gasteiger partial charge < -0.3 is 10.6 Å². The number of anilines is 1. The van der Waals surface area contributed by atoms with E-state index in [0.29, 0.717) is 16.5 Å². The van der Waals surface area contributed by atoms with Crippen LogP contribution in [0.5, 0.6) is 0 Å².